The van der Waals surface area contributed by atoms with E-state index in [0.29, 0.717) is 16.7 Å². The maximum absolute atomic E-state index is 13.1. The van der Waals surface area contributed by atoms with Crippen LogP contribution in [0.4, 0.5) is 0 Å². The number of H-pyrrole nitrogens is 1. The van der Waals surface area contributed by atoms with E-state index in [2.05, 4.69) is 9.97 Å². The van der Waals surface area contributed by atoms with Crippen molar-refractivity contribution < 1.29 is 14.3 Å². The van der Waals surface area contributed by atoms with Crippen LogP contribution in [0.15, 0.2) is 29.1 Å². The molecule has 27 heavy (non-hydrogen) atoms. The van der Waals surface area contributed by atoms with E-state index in [1.807, 2.05) is 6.07 Å². The van der Waals surface area contributed by atoms with E-state index in [4.69, 9.17) is 4.74 Å². The van der Waals surface area contributed by atoms with Crippen molar-refractivity contribution >= 4 is 22.8 Å². The number of fused-ring (bicyclic) bond motifs is 1. The number of nitrogens with one attached hydrogen (secondary N) is 1. The van der Waals surface area contributed by atoms with Crippen LogP contribution in [0.1, 0.15) is 44.3 Å². The number of carbonyl (C=O) groups is 2. The average Bonchev–Trinajstić information content (AvgIpc) is 2.97. The summed E-state index contributed by atoms with van der Waals surface area (Å²) in [6, 6.07) is 7.10. The highest BCUT2D eigenvalue weighted by atomic mass is 16.6. The van der Waals surface area contributed by atoms with Gasteiger partial charge in [0.25, 0.3) is 5.56 Å². The lowest BCUT2D eigenvalue weighted by atomic mass is 9.75. The number of aromatic amines is 1. The molecule has 1 amide bonds. The summed E-state index contributed by atoms with van der Waals surface area (Å²) in [7, 11) is 1.68. The summed E-state index contributed by atoms with van der Waals surface area (Å²) in [4.78, 5) is 46.0. The number of hydrogen-bond acceptors (Lipinski definition) is 5. The lowest BCUT2D eigenvalue weighted by molar-refractivity contribution is -0.155. The smallest absolute Gasteiger partial charge is 0.307 e. The molecule has 1 spiro atoms. The number of ether oxygens (including phenoxy) is 1. The van der Waals surface area contributed by atoms with Gasteiger partial charge in [-0.15, -0.1) is 0 Å². The van der Waals surface area contributed by atoms with E-state index in [1.54, 1.807) is 25.2 Å². The van der Waals surface area contributed by atoms with Crippen molar-refractivity contribution in [3.8, 4) is 0 Å². The first-order chi connectivity index (χ1) is 13.0. The van der Waals surface area contributed by atoms with E-state index in [9.17, 15) is 14.4 Å². The Morgan fingerprint density at radius 2 is 2.00 bits per heavy atom. The van der Waals surface area contributed by atoms with Gasteiger partial charge >= 0.3 is 5.97 Å². The summed E-state index contributed by atoms with van der Waals surface area (Å²) < 4.78 is 5.64. The number of para-hydroxylation sites is 1. The van der Waals surface area contributed by atoms with Crippen LogP contribution in [0.5, 0.6) is 0 Å². The number of carbonyl (C=O) groups excluding carboxylic acids is 2. The normalized spacial score (nSPS) is 21.4. The number of hydrogen-bond donors (Lipinski definition) is 1. The summed E-state index contributed by atoms with van der Waals surface area (Å²) >= 11 is 0. The number of rotatable bonds is 3. The van der Waals surface area contributed by atoms with E-state index in [0.717, 1.165) is 32.1 Å². The van der Waals surface area contributed by atoms with E-state index in [1.165, 1.54) is 4.90 Å². The Morgan fingerprint density at radius 1 is 1.26 bits per heavy atom. The molecule has 2 fully saturated rings. The monoisotopic (exact) mass is 369 g/mol. The molecule has 0 unspecified atom stereocenters. The molecule has 1 atom stereocenters. The number of esters is 1. The van der Waals surface area contributed by atoms with Crippen molar-refractivity contribution in [2.24, 2.45) is 5.92 Å². The largest absolute Gasteiger partial charge is 0.458 e. The quantitative estimate of drug-likeness (QED) is 0.837. The fourth-order valence-corrected chi connectivity index (χ4v) is 4.38. The number of benzene rings is 1. The maximum Gasteiger partial charge on any atom is 0.307 e. The van der Waals surface area contributed by atoms with Crippen LogP contribution < -0.4 is 5.56 Å². The second-order valence-corrected chi connectivity index (χ2v) is 7.58. The molecule has 7 nitrogen and oxygen atoms in total. The molecule has 1 aliphatic carbocycles. The third kappa shape index (κ3) is 3.22. The summed E-state index contributed by atoms with van der Waals surface area (Å²) in [6.07, 6.45) is 4.67. The third-order valence-electron chi connectivity index (χ3n) is 5.75. The van der Waals surface area contributed by atoms with E-state index < -0.39 is 11.5 Å². The van der Waals surface area contributed by atoms with E-state index >= 15 is 0 Å². The minimum atomic E-state index is -0.648. The zero-order valence-electron chi connectivity index (χ0n) is 15.4. The van der Waals surface area contributed by atoms with Crippen LogP contribution in [-0.4, -0.2) is 39.4 Å². The summed E-state index contributed by atoms with van der Waals surface area (Å²) in [5, 5.41) is 0.520. The predicted molar refractivity (Wildman–Crippen MR) is 98.9 cm³/mol. The van der Waals surface area contributed by atoms with Crippen LogP contribution >= 0.6 is 0 Å². The Bertz CT molecular complexity index is 946. The third-order valence-corrected chi connectivity index (χ3v) is 5.75. The summed E-state index contributed by atoms with van der Waals surface area (Å²) in [5.41, 5.74) is -0.273. The highest BCUT2D eigenvalue weighted by molar-refractivity contribution is 5.87. The molecule has 4 rings (SSSR count). The van der Waals surface area contributed by atoms with Crippen LogP contribution in [0, 0.1) is 5.92 Å². The van der Waals surface area contributed by atoms with Crippen LogP contribution in [0.3, 0.4) is 0 Å². The van der Waals surface area contributed by atoms with Gasteiger partial charge in [-0.05, 0) is 37.8 Å². The van der Waals surface area contributed by atoms with Crippen molar-refractivity contribution in [3.05, 3.63) is 40.4 Å². The minimum absolute atomic E-state index is 0.126. The van der Waals surface area contributed by atoms with Crippen molar-refractivity contribution in [2.45, 2.75) is 50.7 Å². The fourth-order valence-electron chi connectivity index (χ4n) is 4.38. The Labute approximate surface area is 156 Å². The topological polar surface area (TPSA) is 92.4 Å². The number of nitrogens with zero attached hydrogens (tertiary/aromatic N) is 2. The molecule has 1 aromatic heterocycles. The van der Waals surface area contributed by atoms with Gasteiger partial charge in [-0.25, -0.2) is 4.98 Å². The standard InChI is InChI=1S/C20H23N3O4/c1-23(12-16-21-15-8-4-3-7-13(15)18(25)22-16)19(26)14-11-17(24)27-20(14)9-5-2-6-10-20/h3-4,7-8,14H,2,5-6,9-12H2,1H3,(H,21,22,25)/t14-/m1/s1. The molecule has 142 valence electrons. The fraction of sp³-hybridized carbons (Fsp3) is 0.500. The second-order valence-electron chi connectivity index (χ2n) is 7.58. The minimum Gasteiger partial charge on any atom is -0.458 e. The number of amides is 1. The first kappa shape index (κ1) is 17.7. The first-order valence-electron chi connectivity index (χ1n) is 9.43. The van der Waals surface area contributed by atoms with Crippen LogP contribution in [0.2, 0.25) is 0 Å². The molecule has 1 aliphatic heterocycles. The highest BCUT2D eigenvalue weighted by Gasteiger charge is 2.53. The Morgan fingerprint density at radius 3 is 2.78 bits per heavy atom. The van der Waals surface area contributed by atoms with Crippen molar-refractivity contribution in [1.29, 1.82) is 0 Å². The molecule has 1 aromatic carbocycles. The van der Waals surface area contributed by atoms with Crippen LogP contribution in [-0.2, 0) is 20.9 Å². The van der Waals surface area contributed by atoms with Crippen molar-refractivity contribution in [3.63, 3.8) is 0 Å². The molecular weight excluding hydrogens is 346 g/mol. The van der Waals surface area contributed by atoms with Gasteiger partial charge < -0.3 is 14.6 Å². The summed E-state index contributed by atoms with van der Waals surface area (Å²) in [5.74, 6) is -0.445. The van der Waals surface area contributed by atoms with Gasteiger partial charge in [-0.3, -0.25) is 14.4 Å². The molecule has 2 aliphatic rings. The van der Waals surface area contributed by atoms with Crippen LogP contribution in [0.25, 0.3) is 10.9 Å². The highest BCUT2D eigenvalue weighted by Crippen LogP contribution is 2.44. The van der Waals surface area contributed by atoms with Crippen molar-refractivity contribution in [1.82, 2.24) is 14.9 Å². The Kier molecular flexibility index (Phi) is 4.45. The summed E-state index contributed by atoms with van der Waals surface area (Å²) in [6.45, 7) is 0.180. The molecule has 1 saturated heterocycles. The lowest BCUT2D eigenvalue weighted by Gasteiger charge is -2.37. The predicted octanol–water partition coefficient (Wildman–Crippen LogP) is 2.15. The second kappa shape index (κ2) is 6.79. The molecule has 2 aromatic rings. The van der Waals surface area contributed by atoms with Gasteiger partial charge in [0, 0.05) is 7.05 Å². The molecular formula is C20H23N3O4. The zero-order chi connectivity index (χ0) is 19.0. The average molecular weight is 369 g/mol. The Hall–Kier alpha value is -2.70. The lowest BCUT2D eigenvalue weighted by Crippen LogP contribution is -2.46. The van der Waals surface area contributed by atoms with Gasteiger partial charge in [-0.1, -0.05) is 18.6 Å². The number of aromatic nitrogens is 2. The SMILES string of the molecule is CN(Cc1nc2ccccc2c(=O)[nH]1)C(=O)[C@H]1CC(=O)OC12CCCCC2. The maximum atomic E-state index is 13.1. The molecule has 0 radical (unpaired) electrons. The van der Waals surface area contributed by atoms with Crippen molar-refractivity contribution in [2.75, 3.05) is 7.05 Å². The van der Waals surface area contributed by atoms with Gasteiger partial charge in [0.2, 0.25) is 5.91 Å². The van der Waals surface area contributed by atoms with Gasteiger partial charge in [0.15, 0.2) is 0 Å². The van der Waals surface area contributed by atoms with Gasteiger partial charge in [0.1, 0.15) is 11.4 Å². The van der Waals surface area contributed by atoms with Gasteiger partial charge in [-0.2, -0.15) is 0 Å². The molecule has 1 N–H and O–H groups in total. The Balaban J connectivity index is 1.56. The molecule has 7 heteroatoms. The molecule has 0 bridgehead atoms. The molecule has 1 saturated carbocycles. The molecule has 2 heterocycles. The van der Waals surface area contributed by atoms with E-state index in [-0.39, 0.29) is 30.4 Å². The van der Waals surface area contributed by atoms with Gasteiger partial charge in [0.05, 0.1) is 29.8 Å². The first-order valence-corrected chi connectivity index (χ1v) is 9.43. The zero-order valence-corrected chi connectivity index (χ0v) is 15.4.